The van der Waals surface area contributed by atoms with Crippen LogP contribution in [0.15, 0.2) is 47.6 Å². The number of nitrogens with zero attached hydrogens (tertiary/aromatic N) is 1. The van der Waals surface area contributed by atoms with Crippen molar-refractivity contribution in [1.29, 1.82) is 0 Å². The molecule has 0 aromatic rings. The number of carbonyl (C=O) groups excluding carboxylic acids is 5. The van der Waals surface area contributed by atoms with Gasteiger partial charge in [0.2, 0.25) is 5.79 Å². The SMILES string of the molecule is CCOCCOCCOCCOCCOCCOCCOCCNC(=O)O[C@@H]1CC[C@@H](C[C@@H](C)C2C[C@@H](O)C(C)/C=C(\C)[C@@H](O)[C@@H](OC)C(=O)[C@H](C)CC(C)/C=C/C=C/C=C(\C)[C@@H](OC)C[C@@H]3CC[C@@H](C)[C@@](O)(O3)C(=O)C(=O)N3CCCC[C@H]3C(=O)O2)C[C@H]1OC. The topological polar surface area (TPSA) is 281 Å². The van der Waals surface area contributed by atoms with Gasteiger partial charge in [0.1, 0.15) is 30.5 Å². The molecule has 4 aliphatic rings. The fourth-order valence-electron chi connectivity index (χ4n) is 12.2. The van der Waals surface area contributed by atoms with Crippen LogP contribution in [-0.2, 0) is 80.8 Å². The first-order valence-electron chi connectivity index (χ1n) is 33.3. The van der Waals surface area contributed by atoms with Gasteiger partial charge in [-0.2, -0.15) is 0 Å². The van der Waals surface area contributed by atoms with Crippen molar-refractivity contribution in [3.05, 3.63) is 47.6 Å². The largest absolute Gasteiger partial charge is 0.460 e. The molecule has 0 spiro atoms. The number of alkyl carbamates (subject to hydrolysis) is 1. The van der Waals surface area contributed by atoms with E-state index in [0.717, 1.165) is 5.57 Å². The van der Waals surface area contributed by atoms with Crippen LogP contribution in [0.1, 0.15) is 132 Å². The Balaban J connectivity index is 1.38. The highest BCUT2D eigenvalue weighted by Crippen LogP contribution is 2.38. The number of ketones is 2. The summed E-state index contributed by atoms with van der Waals surface area (Å²) in [4.78, 5) is 71.7. The highest BCUT2D eigenvalue weighted by Gasteiger charge is 2.53. The van der Waals surface area contributed by atoms with E-state index < -0.39 is 102 Å². The van der Waals surface area contributed by atoms with Gasteiger partial charge < -0.3 is 87.1 Å². The molecule has 3 aliphatic heterocycles. The zero-order chi connectivity index (χ0) is 66.7. The van der Waals surface area contributed by atoms with Crippen LogP contribution in [0.4, 0.5) is 4.79 Å². The molecule has 2 bridgehead atoms. The molecule has 0 radical (unpaired) electrons. The van der Waals surface area contributed by atoms with Crippen molar-refractivity contribution in [3.8, 4) is 0 Å². The van der Waals surface area contributed by atoms with Crippen molar-refractivity contribution < 1.29 is 101 Å². The smallest absolute Gasteiger partial charge is 0.407 e. The van der Waals surface area contributed by atoms with Crippen LogP contribution < -0.4 is 5.32 Å². The molecule has 0 aromatic heterocycles. The van der Waals surface area contributed by atoms with Crippen LogP contribution in [0.25, 0.3) is 0 Å². The summed E-state index contributed by atoms with van der Waals surface area (Å²) in [7, 11) is 4.53. The van der Waals surface area contributed by atoms with E-state index in [1.165, 1.54) is 12.0 Å². The normalized spacial score (nSPS) is 33.0. The van der Waals surface area contributed by atoms with Crippen molar-refractivity contribution in [2.75, 3.05) is 127 Å². The van der Waals surface area contributed by atoms with Crippen molar-refractivity contribution >= 4 is 29.5 Å². The van der Waals surface area contributed by atoms with Crippen molar-refractivity contribution in [1.82, 2.24) is 10.2 Å². The van der Waals surface area contributed by atoms with Crippen LogP contribution in [0.5, 0.6) is 0 Å². The molecule has 1 saturated carbocycles. The number of fused-ring (bicyclic) bond motifs is 3. The number of allylic oxidation sites excluding steroid dienone is 5. The lowest BCUT2D eigenvalue weighted by Crippen LogP contribution is -2.61. The highest BCUT2D eigenvalue weighted by atomic mass is 16.6. The molecule has 91 heavy (non-hydrogen) atoms. The minimum Gasteiger partial charge on any atom is -0.460 e. The summed E-state index contributed by atoms with van der Waals surface area (Å²) in [5.74, 6) is -7.79. The Bertz CT molecular complexity index is 2250. The maximum Gasteiger partial charge on any atom is 0.407 e. The summed E-state index contributed by atoms with van der Waals surface area (Å²) < 4.78 is 74.3. The second kappa shape index (κ2) is 43.8. The molecule has 23 heteroatoms. The Morgan fingerprint density at radius 2 is 1.32 bits per heavy atom. The molecule has 3 heterocycles. The minimum absolute atomic E-state index is 0.00298. The molecule has 0 aromatic carbocycles. The summed E-state index contributed by atoms with van der Waals surface area (Å²) in [6.45, 7) is 21.4. The van der Waals surface area contributed by atoms with E-state index in [9.17, 15) is 39.3 Å². The van der Waals surface area contributed by atoms with E-state index in [1.807, 2.05) is 65.0 Å². The first-order chi connectivity index (χ1) is 43.7. The number of Topliss-reactive ketones (excluding diaryl/α,β-unsaturated/α-hetero) is 2. The summed E-state index contributed by atoms with van der Waals surface area (Å²) in [6, 6.07) is -1.17. The fraction of sp³-hybridized carbons (Fsp3) is 0.809. The van der Waals surface area contributed by atoms with E-state index >= 15 is 0 Å². The zero-order valence-electron chi connectivity index (χ0n) is 56.6. The third-order valence-corrected chi connectivity index (χ3v) is 17.8. The Labute approximate surface area is 541 Å². The zero-order valence-corrected chi connectivity index (χ0v) is 56.6. The van der Waals surface area contributed by atoms with E-state index in [2.05, 4.69) is 5.32 Å². The number of rotatable bonds is 29. The molecular weight excluding hydrogens is 1180 g/mol. The molecule has 3 fully saturated rings. The summed E-state index contributed by atoms with van der Waals surface area (Å²) >= 11 is 0. The number of hydrogen-bond donors (Lipinski definition) is 4. The maximum atomic E-state index is 14.7. The molecule has 23 nitrogen and oxygen atoms in total. The van der Waals surface area contributed by atoms with Gasteiger partial charge in [-0.15, -0.1) is 0 Å². The Hall–Kier alpha value is -4.05. The third kappa shape index (κ3) is 27.7. The van der Waals surface area contributed by atoms with E-state index in [1.54, 1.807) is 41.1 Å². The van der Waals surface area contributed by atoms with Crippen LogP contribution >= 0.6 is 0 Å². The van der Waals surface area contributed by atoms with E-state index in [0.29, 0.717) is 156 Å². The number of aliphatic hydroxyl groups excluding tert-OH is 2. The highest BCUT2D eigenvalue weighted by molar-refractivity contribution is 6.39. The lowest BCUT2D eigenvalue weighted by molar-refractivity contribution is -0.265. The van der Waals surface area contributed by atoms with E-state index in [-0.39, 0.29) is 56.1 Å². The number of methoxy groups -OCH3 is 3. The second-order valence-electron chi connectivity index (χ2n) is 25.0. The van der Waals surface area contributed by atoms with Crippen molar-refractivity contribution in [3.63, 3.8) is 0 Å². The van der Waals surface area contributed by atoms with Crippen LogP contribution in [-0.4, -0.2) is 237 Å². The molecule has 2 saturated heterocycles. The number of cyclic esters (lactones) is 1. The number of hydrogen-bond acceptors (Lipinski definition) is 21. The van der Waals surface area contributed by atoms with Crippen LogP contribution in [0, 0.1) is 35.5 Å². The average Bonchev–Trinajstić information content (AvgIpc) is 1.05. The number of carbonyl (C=O) groups is 5. The fourth-order valence-corrected chi connectivity index (χ4v) is 12.2. The van der Waals surface area contributed by atoms with E-state index in [4.69, 9.17) is 61.6 Å². The van der Waals surface area contributed by atoms with Crippen LogP contribution in [0.2, 0.25) is 0 Å². The van der Waals surface area contributed by atoms with Gasteiger partial charge in [0, 0.05) is 71.6 Å². The molecule has 4 rings (SSSR count). The maximum absolute atomic E-state index is 14.7. The molecule has 4 N–H and O–H groups in total. The quantitative estimate of drug-likeness (QED) is 0.0258. The molecule has 1 aliphatic carbocycles. The Morgan fingerprint density at radius 3 is 1.91 bits per heavy atom. The second-order valence-corrected chi connectivity index (χ2v) is 25.0. The summed E-state index contributed by atoms with van der Waals surface area (Å²) in [5, 5.41) is 38.5. The summed E-state index contributed by atoms with van der Waals surface area (Å²) in [5.41, 5.74) is 1.29. The van der Waals surface area contributed by atoms with Crippen molar-refractivity contribution in [2.45, 2.75) is 193 Å². The van der Waals surface area contributed by atoms with Gasteiger partial charge in [-0.05, 0) is 114 Å². The lowest BCUT2D eigenvalue weighted by atomic mass is 9.78. The first-order valence-corrected chi connectivity index (χ1v) is 33.3. The monoisotopic (exact) mass is 1290 g/mol. The number of amides is 2. The van der Waals surface area contributed by atoms with Gasteiger partial charge >= 0.3 is 12.1 Å². The summed E-state index contributed by atoms with van der Waals surface area (Å²) in [6.07, 6.45) is 9.24. The number of aliphatic hydroxyl groups is 3. The number of nitrogens with one attached hydrogen (secondary N) is 1. The van der Waals surface area contributed by atoms with Gasteiger partial charge in [-0.3, -0.25) is 14.4 Å². The van der Waals surface area contributed by atoms with Gasteiger partial charge in [-0.25, -0.2) is 9.59 Å². The van der Waals surface area contributed by atoms with Crippen molar-refractivity contribution in [2.24, 2.45) is 35.5 Å². The standard InChI is InChI=1S/C68H114N2O21/c1-12-82-28-29-84-32-33-86-36-37-88-39-38-87-35-34-85-31-30-83-27-25-69-67(77)90-57-24-22-53(43-60(57)80-10)42-49(5)59-45-56(71)48(4)41-51(7)62(73)63(81-11)61(72)50(6)40-46(2)18-14-13-15-19-47(3)58(79-9)44-54-23-21-52(8)68(78,91-54)64(74)65(75)70-26-17-16-20-55(70)66(76)89-59/h13-15,18-19,41,46,48-50,52-60,62-63,71,73,78H,12,16-17,20-40,42-45H2,1-11H3,(H,69,77)/b15-13+,18-14+,47-19+,51-41+/t46?,48?,49-,50-,52-,53+,54+,55+,56-,57-,58+,59?,60-,62-,63+,68-/m1/s1. The third-order valence-electron chi connectivity index (χ3n) is 17.8. The minimum atomic E-state index is -2.46. The number of esters is 1. The first kappa shape index (κ1) is 79.4. The van der Waals surface area contributed by atoms with Crippen LogP contribution in [0.3, 0.4) is 0 Å². The predicted molar refractivity (Wildman–Crippen MR) is 340 cm³/mol. The Kier molecular flexibility index (Phi) is 38.2. The van der Waals surface area contributed by atoms with Gasteiger partial charge in [-0.1, -0.05) is 71.1 Å². The number of piperidine rings is 1. The van der Waals surface area contributed by atoms with Gasteiger partial charge in [0.15, 0.2) is 5.78 Å². The molecule has 522 valence electrons. The number of ether oxygens (including phenoxy) is 13. The average molecular weight is 1300 g/mol. The molecule has 16 atom stereocenters. The molecule has 2 amide bonds. The molecular formula is C68H114N2O21. The van der Waals surface area contributed by atoms with Gasteiger partial charge in [0.25, 0.3) is 11.7 Å². The van der Waals surface area contributed by atoms with Gasteiger partial charge in [0.05, 0.1) is 110 Å². The molecule has 3 unspecified atom stereocenters. The Morgan fingerprint density at radius 1 is 0.703 bits per heavy atom. The lowest BCUT2D eigenvalue weighted by Gasteiger charge is -2.43. The predicted octanol–water partition coefficient (Wildman–Crippen LogP) is 6.84.